The van der Waals surface area contributed by atoms with Crippen molar-refractivity contribution >= 4 is 28.3 Å². The van der Waals surface area contributed by atoms with Crippen LogP contribution in [0.25, 0.3) is 11.0 Å². The maximum atomic E-state index is 12.5. The molecule has 7 nitrogen and oxygen atoms in total. The van der Waals surface area contributed by atoms with Gasteiger partial charge in [0.1, 0.15) is 17.1 Å². The van der Waals surface area contributed by atoms with Gasteiger partial charge in [0.05, 0.1) is 23.5 Å². The molecule has 34 heavy (non-hydrogen) atoms. The van der Waals surface area contributed by atoms with Gasteiger partial charge in [-0.1, -0.05) is 19.8 Å². The van der Waals surface area contributed by atoms with Crippen LogP contribution in [0.15, 0.2) is 98.3 Å². The number of rotatable bonds is 9. The van der Waals surface area contributed by atoms with E-state index >= 15 is 0 Å². The number of benzene rings is 3. The van der Waals surface area contributed by atoms with Crippen LogP contribution in [0.5, 0.6) is 11.5 Å². The summed E-state index contributed by atoms with van der Waals surface area (Å²) in [4.78, 5) is 23.8. The molecule has 0 spiro atoms. The van der Waals surface area contributed by atoms with Crippen molar-refractivity contribution in [3.8, 4) is 11.5 Å². The lowest BCUT2D eigenvalue weighted by Crippen LogP contribution is -2.08. The predicted molar refractivity (Wildman–Crippen MR) is 130 cm³/mol. The molecule has 0 bridgehead atoms. The monoisotopic (exact) mass is 456 g/mol. The zero-order chi connectivity index (χ0) is 23.8. The van der Waals surface area contributed by atoms with Crippen molar-refractivity contribution in [3.05, 3.63) is 94.8 Å². The molecule has 7 heteroatoms. The summed E-state index contributed by atoms with van der Waals surface area (Å²) in [6.45, 7) is 2.87. The van der Waals surface area contributed by atoms with E-state index in [0.29, 0.717) is 40.3 Å². The summed E-state index contributed by atoms with van der Waals surface area (Å²) in [5.41, 5.74) is 1.69. The quantitative estimate of drug-likeness (QED) is 0.0889. The largest absolute Gasteiger partial charge is 0.494 e. The van der Waals surface area contributed by atoms with E-state index < -0.39 is 11.6 Å². The number of nitrogens with zero attached hydrogens (tertiary/aromatic N) is 2. The Morgan fingerprint density at radius 2 is 1.50 bits per heavy atom. The maximum absolute atomic E-state index is 12.5. The van der Waals surface area contributed by atoms with Gasteiger partial charge in [0.15, 0.2) is 0 Å². The third-order valence-electron chi connectivity index (χ3n) is 5.04. The van der Waals surface area contributed by atoms with Crippen molar-refractivity contribution in [2.45, 2.75) is 26.2 Å². The van der Waals surface area contributed by atoms with Gasteiger partial charge >= 0.3 is 11.6 Å². The molecule has 172 valence electrons. The van der Waals surface area contributed by atoms with E-state index in [9.17, 15) is 9.59 Å². The standard InChI is InChI=1S/C27H24N2O5/c1-2-3-4-17-32-23-12-10-22(11-13-23)29-28-21-8-5-19(6-9-21)27(31)33-24-14-15-25-20(18-24)7-16-26(30)34-25/h5-16,18H,2-4,17H2,1H3. The van der Waals surface area contributed by atoms with Crippen molar-refractivity contribution in [1.29, 1.82) is 0 Å². The highest BCUT2D eigenvalue weighted by molar-refractivity contribution is 5.92. The van der Waals surface area contributed by atoms with Crippen LogP contribution in [0, 0.1) is 0 Å². The Hall–Kier alpha value is -4.26. The van der Waals surface area contributed by atoms with Crippen molar-refractivity contribution in [1.82, 2.24) is 0 Å². The van der Waals surface area contributed by atoms with Crippen LogP contribution in [-0.4, -0.2) is 12.6 Å². The van der Waals surface area contributed by atoms with Crippen LogP contribution in [0.4, 0.5) is 11.4 Å². The Morgan fingerprint density at radius 1 is 0.824 bits per heavy atom. The molecule has 0 N–H and O–H groups in total. The topological polar surface area (TPSA) is 90.5 Å². The van der Waals surface area contributed by atoms with Gasteiger partial charge in [-0.05, 0) is 79.2 Å². The molecular formula is C27H24N2O5. The first kappa shape index (κ1) is 22.9. The minimum absolute atomic E-state index is 0.355. The van der Waals surface area contributed by atoms with E-state index in [1.807, 2.05) is 24.3 Å². The molecule has 0 radical (unpaired) electrons. The summed E-state index contributed by atoms with van der Waals surface area (Å²) in [6, 6.07) is 21.8. The molecule has 1 heterocycles. The third kappa shape index (κ3) is 6.16. The molecule has 4 aromatic rings. The molecule has 0 fully saturated rings. The molecule has 4 rings (SSSR count). The molecule has 0 unspecified atom stereocenters. The van der Waals surface area contributed by atoms with E-state index in [0.717, 1.165) is 25.0 Å². The zero-order valence-corrected chi connectivity index (χ0v) is 18.8. The van der Waals surface area contributed by atoms with Gasteiger partial charge in [0.2, 0.25) is 0 Å². The lowest BCUT2D eigenvalue weighted by molar-refractivity contribution is 0.0735. The lowest BCUT2D eigenvalue weighted by Gasteiger charge is -2.06. The predicted octanol–water partition coefficient (Wildman–Crippen LogP) is 7.00. The fourth-order valence-corrected chi connectivity index (χ4v) is 3.21. The van der Waals surface area contributed by atoms with Crippen molar-refractivity contribution in [2.75, 3.05) is 6.61 Å². The molecule has 0 aliphatic rings. The zero-order valence-electron chi connectivity index (χ0n) is 18.8. The first-order chi connectivity index (χ1) is 16.6. The molecule has 0 saturated carbocycles. The summed E-state index contributed by atoms with van der Waals surface area (Å²) >= 11 is 0. The minimum Gasteiger partial charge on any atom is -0.494 e. The van der Waals surface area contributed by atoms with Crippen LogP contribution in [0.3, 0.4) is 0 Å². The molecule has 0 amide bonds. The fraction of sp³-hybridized carbons (Fsp3) is 0.185. The highest BCUT2D eigenvalue weighted by atomic mass is 16.5. The molecular weight excluding hydrogens is 432 g/mol. The summed E-state index contributed by atoms with van der Waals surface area (Å²) < 4.78 is 16.2. The van der Waals surface area contributed by atoms with Gasteiger partial charge in [-0.25, -0.2) is 9.59 Å². The van der Waals surface area contributed by atoms with Gasteiger partial charge in [0.25, 0.3) is 0 Å². The van der Waals surface area contributed by atoms with E-state index in [4.69, 9.17) is 13.9 Å². The Kier molecular flexibility index (Phi) is 7.45. The third-order valence-corrected chi connectivity index (χ3v) is 5.04. The summed E-state index contributed by atoms with van der Waals surface area (Å²) in [7, 11) is 0. The summed E-state index contributed by atoms with van der Waals surface area (Å²) in [5.74, 6) is 0.663. The highest BCUT2D eigenvalue weighted by Crippen LogP contribution is 2.23. The number of unbranched alkanes of at least 4 members (excludes halogenated alkanes) is 2. The second-order valence-electron chi connectivity index (χ2n) is 7.64. The van der Waals surface area contributed by atoms with Crippen molar-refractivity contribution in [2.24, 2.45) is 10.2 Å². The molecule has 0 aliphatic carbocycles. The van der Waals surface area contributed by atoms with Crippen LogP contribution in [0.2, 0.25) is 0 Å². The molecule has 1 aromatic heterocycles. The Labute approximate surface area is 196 Å². The van der Waals surface area contributed by atoms with Gasteiger partial charge < -0.3 is 13.9 Å². The lowest BCUT2D eigenvalue weighted by atomic mass is 10.2. The van der Waals surface area contributed by atoms with Gasteiger partial charge in [-0.3, -0.25) is 0 Å². The second-order valence-corrected chi connectivity index (χ2v) is 7.64. The average Bonchev–Trinajstić information content (AvgIpc) is 2.86. The number of azo groups is 1. The first-order valence-corrected chi connectivity index (χ1v) is 11.1. The van der Waals surface area contributed by atoms with E-state index in [1.54, 1.807) is 48.5 Å². The van der Waals surface area contributed by atoms with Crippen LogP contribution in [0.1, 0.15) is 36.5 Å². The van der Waals surface area contributed by atoms with E-state index in [2.05, 4.69) is 17.2 Å². The van der Waals surface area contributed by atoms with Gasteiger partial charge in [-0.2, -0.15) is 10.2 Å². The van der Waals surface area contributed by atoms with Crippen LogP contribution < -0.4 is 15.1 Å². The molecule has 0 aliphatic heterocycles. The van der Waals surface area contributed by atoms with Crippen LogP contribution in [-0.2, 0) is 0 Å². The van der Waals surface area contributed by atoms with Crippen molar-refractivity contribution in [3.63, 3.8) is 0 Å². The van der Waals surface area contributed by atoms with Crippen molar-refractivity contribution < 1.29 is 18.7 Å². The second kappa shape index (κ2) is 11.0. The number of carbonyl (C=O) groups excluding carboxylic acids is 1. The number of esters is 1. The molecule has 0 atom stereocenters. The first-order valence-electron chi connectivity index (χ1n) is 11.1. The number of hydrogen-bond donors (Lipinski definition) is 0. The maximum Gasteiger partial charge on any atom is 0.343 e. The summed E-state index contributed by atoms with van der Waals surface area (Å²) in [6.07, 6.45) is 3.37. The Bertz CT molecular complexity index is 1340. The summed E-state index contributed by atoms with van der Waals surface area (Å²) in [5, 5.41) is 9.10. The fourth-order valence-electron chi connectivity index (χ4n) is 3.21. The van der Waals surface area contributed by atoms with Gasteiger partial charge in [0, 0.05) is 11.5 Å². The highest BCUT2D eigenvalue weighted by Gasteiger charge is 2.10. The Morgan fingerprint density at radius 3 is 2.21 bits per heavy atom. The SMILES string of the molecule is CCCCCOc1ccc(N=Nc2ccc(C(=O)Oc3ccc4oc(=O)ccc4c3)cc2)cc1. The smallest absolute Gasteiger partial charge is 0.343 e. The minimum atomic E-state index is -0.505. The number of hydrogen-bond acceptors (Lipinski definition) is 7. The van der Waals surface area contributed by atoms with Gasteiger partial charge in [-0.15, -0.1) is 0 Å². The average molecular weight is 456 g/mol. The van der Waals surface area contributed by atoms with E-state index in [-0.39, 0.29) is 0 Å². The van der Waals surface area contributed by atoms with Crippen LogP contribution >= 0.6 is 0 Å². The van der Waals surface area contributed by atoms with E-state index in [1.165, 1.54) is 6.07 Å². The number of ether oxygens (including phenoxy) is 2. The molecule has 3 aromatic carbocycles. The number of fused-ring (bicyclic) bond motifs is 1. The Balaban J connectivity index is 1.34. The number of carbonyl (C=O) groups is 1. The molecule has 0 saturated heterocycles. The normalized spacial score (nSPS) is 11.1.